The van der Waals surface area contributed by atoms with Gasteiger partial charge in [0, 0.05) is 23.1 Å². The van der Waals surface area contributed by atoms with Crippen molar-refractivity contribution in [1.29, 1.82) is 0 Å². The van der Waals surface area contributed by atoms with Crippen LogP contribution in [0.15, 0.2) is 78.9 Å². The van der Waals surface area contributed by atoms with Gasteiger partial charge >= 0.3 is 0 Å². The van der Waals surface area contributed by atoms with Gasteiger partial charge in [0.1, 0.15) is 0 Å². The van der Waals surface area contributed by atoms with Gasteiger partial charge < -0.3 is 9.88 Å². The number of nitrogens with one attached hydrogen (secondary N) is 1. The van der Waals surface area contributed by atoms with Gasteiger partial charge in [-0.25, -0.2) is 4.98 Å². The first-order chi connectivity index (χ1) is 12.7. The number of benzene rings is 2. The number of nitrogens with zero attached hydrogens (tertiary/aromatic N) is 2. The zero-order valence-corrected chi connectivity index (χ0v) is 15.2. The molecule has 26 heavy (non-hydrogen) atoms. The molecule has 0 unspecified atom stereocenters. The maximum absolute atomic E-state index is 4.64. The predicted octanol–water partition coefficient (Wildman–Crippen LogP) is 5.80. The lowest BCUT2D eigenvalue weighted by atomic mass is 10.1. The highest BCUT2D eigenvalue weighted by Gasteiger charge is 2.09. The van der Waals surface area contributed by atoms with Crippen LogP contribution in [0.2, 0.25) is 0 Å². The molecule has 130 valence electrons. The highest BCUT2D eigenvalue weighted by Crippen LogP contribution is 2.26. The van der Waals surface area contributed by atoms with Gasteiger partial charge in [0.15, 0.2) is 0 Å². The largest absolute Gasteiger partial charge is 0.359 e. The minimum atomic E-state index is 0.980. The Morgan fingerprint density at radius 3 is 2.62 bits per heavy atom. The van der Waals surface area contributed by atoms with Gasteiger partial charge in [-0.15, -0.1) is 0 Å². The van der Waals surface area contributed by atoms with Crippen molar-refractivity contribution in [3.63, 3.8) is 0 Å². The summed E-state index contributed by atoms with van der Waals surface area (Å²) < 4.78 is 2.12. The first kappa shape index (κ1) is 16.4. The summed E-state index contributed by atoms with van der Waals surface area (Å²) in [6, 6.07) is 14.8. The van der Waals surface area contributed by atoms with E-state index in [9.17, 15) is 0 Å². The normalized spacial score (nSPS) is 13.5. The molecule has 3 nitrogen and oxygen atoms in total. The Hall–Kier alpha value is -3.07. The third-order valence-electron chi connectivity index (χ3n) is 4.76. The number of hydrogen-bond acceptors (Lipinski definition) is 2. The average Bonchev–Trinajstić information content (AvgIpc) is 3.12. The first-order valence-electron chi connectivity index (χ1n) is 9.04. The molecule has 1 N–H and O–H groups in total. The second-order valence-electron chi connectivity index (χ2n) is 6.77. The van der Waals surface area contributed by atoms with Gasteiger partial charge in [0.2, 0.25) is 0 Å². The van der Waals surface area contributed by atoms with Crippen LogP contribution in [0.5, 0.6) is 0 Å². The van der Waals surface area contributed by atoms with Crippen LogP contribution in [0.1, 0.15) is 24.0 Å². The summed E-state index contributed by atoms with van der Waals surface area (Å²) in [7, 11) is 0. The molecule has 1 aliphatic rings. The third kappa shape index (κ3) is 3.33. The van der Waals surface area contributed by atoms with E-state index in [1.165, 1.54) is 22.5 Å². The highest BCUT2D eigenvalue weighted by molar-refractivity contribution is 5.66. The van der Waals surface area contributed by atoms with Gasteiger partial charge in [-0.05, 0) is 56.0 Å². The number of anilines is 1. The number of aromatic nitrogens is 2. The maximum atomic E-state index is 4.64. The van der Waals surface area contributed by atoms with Crippen molar-refractivity contribution in [2.75, 3.05) is 5.32 Å². The summed E-state index contributed by atoms with van der Waals surface area (Å²) in [5, 5.41) is 3.52. The zero-order valence-electron chi connectivity index (χ0n) is 15.2. The van der Waals surface area contributed by atoms with E-state index in [4.69, 9.17) is 0 Å². The number of para-hydroxylation sites is 1. The van der Waals surface area contributed by atoms with Gasteiger partial charge in [0.25, 0.3) is 0 Å². The summed E-state index contributed by atoms with van der Waals surface area (Å²) in [4.78, 5) is 4.64. The van der Waals surface area contributed by atoms with Crippen molar-refractivity contribution < 1.29 is 0 Å². The molecule has 1 aliphatic carbocycles. The van der Waals surface area contributed by atoms with E-state index in [1.807, 2.05) is 6.33 Å². The molecule has 1 aromatic heterocycles. The lowest BCUT2D eigenvalue weighted by Gasteiger charge is -2.13. The Kier molecular flexibility index (Phi) is 4.44. The topological polar surface area (TPSA) is 29.9 Å². The van der Waals surface area contributed by atoms with E-state index < -0.39 is 0 Å². The van der Waals surface area contributed by atoms with Gasteiger partial charge in [0.05, 0.1) is 17.7 Å². The fraction of sp³-hybridized carbons (Fsp3) is 0.174. The third-order valence-corrected chi connectivity index (χ3v) is 4.76. The van der Waals surface area contributed by atoms with Crippen molar-refractivity contribution in [3.05, 3.63) is 90.0 Å². The highest BCUT2D eigenvalue weighted by atomic mass is 15.0. The SMILES string of the molecule is Cc1cccc(C)c1-n1cnc(-c2cccc(NC3=CC=CCC3)c2)c1. The van der Waals surface area contributed by atoms with E-state index in [2.05, 4.69) is 95.6 Å². The lowest BCUT2D eigenvalue weighted by molar-refractivity contribution is 0.967. The molecule has 4 rings (SSSR count). The minimum Gasteiger partial charge on any atom is -0.359 e. The Bertz CT molecular complexity index is 972. The number of hydrogen-bond donors (Lipinski definition) is 1. The minimum absolute atomic E-state index is 0.980. The molecule has 3 aromatic rings. The summed E-state index contributed by atoms with van der Waals surface area (Å²) in [6.07, 6.45) is 12.6. The molecule has 0 aliphatic heterocycles. The van der Waals surface area contributed by atoms with E-state index >= 15 is 0 Å². The maximum Gasteiger partial charge on any atom is 0.0999 e. The molecular formula is C23H23N3. The first-order valence-corrected chi connectivity index (χ1v) is 9.04. The molecule has 0 radical (unpaired) electrons. The lowest BCUT2D eigenvalue weighted by Crippen LogP contribution is -2.01. The van der Waals surface area contributed by atoms with Crippen molar-refractivity contribution in [3.8, 4) is 16.9 Å². The number of imidazole rings is 1. The van der Waals surface area contributed by atoms with Gasteiger partial charge in [-0.1, -0.05) is 42.5 Å². The van der Waals surface area contributed by atoms with Gasteiger partial charge in [-0.2, -0.15) is 0 Å². The standard InChI is InChI=1S/C23H23N3/c1-17-8-6-9-18(2)23(17)26-15-22(24-16-26)19-10-7-13-21(14-19)25-20-11-4-3-5-12-20/h3-4,6-11,13-16,25H,5,12H2,1-2H3. The van der Waals surface area contributed by atoms with E-state index in [0.29, 0.717) is 0 Å². The molecule has 0 saturated carbocycles. The van der Waals surface area contributed by atoms with Crippen LogP contribution in [0, 0.1) is 13.8 Å². The second-order valence-corrected chi connectivity index (χ2v) is 6.77. The molecule has 0 atom stereocenters. The molecule has 3 heteroatoms. The molecule has 0 spiro atoms. The zero-order chi connectivity index (χ0) is 17.9. The van der Waals surface area contributed by atoms with Crippen LogP contribution in [0.25, 0.3) is 16.9 Å². The van der Waals surface area contributed by atoms with Crippen LogP contribution in [0.4, 0.5) is 5.69 Å². The Morgan fingerprint density at radius 1 is 1.04 bits per heavy atom. The average molecular weight is 341 g/mol. The monoisotopic (exact) mass is 341 g/mol. The smallest absolute Gasteiger partial charge is 0.0999 e. The van der Waals surface area contributed by atoms with E-state index in [0.717, 1.165) is 29.8 Å². The van der Waals surface area contributed by atoms with Crippen molar-refractivity contribution in [2.24, 2.45) is 0 Å². The van der Waals surface area contributed by atoms with Crippen LogP contribution >= 0.6 is 0 Å². The van der Waals surface area contributed by atoms with Crippen molar-refractivity contribution in [2.45, 2.75) is 26.7 Å². The molecule has 0 fully saturated rings. The summed E-state index contributed by atoms with van der Waals surface area (Å²) in [5.74, 6) is 0. The number of allylic oxidation sites excluding steroid dienone is 4. The predicted molar refractivity (Wildman–Crippen MR) is 109 cm³/mol. The quantitative estimate of drug-likeness (QED) is 0.650. The Balaban J connectivity index is 1.63. The van der Waals surface area contributed by atoms with E-state index in [1.54, 1.807) is 0 Å². The fourth-order valence-electron chi connectivity index (χ4n) is 3.46. The molecule has 0 amide bonds. The number of aryl methyl sites for hydroxylation is 2. The number of rotatable bonds is 4. The van der Waals surface area contributed by atoms with Crippen LogP contribution in [-0.4, -0.2) is 9.55 Å². The molecule has 0 bridgehead atoms. The molecule has 2 aromatic carbocycles. The van der Waals surface area contributed by atoms with Crippen molar-refractivity contribution >= 4 is 5.69 Å². The van der Waals surface area contributed by atoms with E-state index in [-0.39, 0.29) is 0 Å². The molecule has 0 saturated heterocycles. The molecular weight excluding hydrogens is 318 g/mol. The molecule has 1 heterocycles. The summed E-state index contributed by atoms with van der Waals surface area (Å²) >= 11 is 0. The Morgan fingerprint density at radius 2 is 1.85 bits per heavy atom. The van der Waals surface area contributed by atoms with Gasteiger partial charge in [-0.3, -0.25) is 0 Å². The van der Waals surface area contributed by atoms with Crippen molar-refractivity contribution in [1.82, 2.24) is 9.55 Å². The summed E-state index contributed by atoms with van der Waals surface area (Å²) in [6.45, 7) is 4.28. The Labute approximate surface area is 154 Å². The second kappa shape index (κ2) is 7.04. The fourth-order valence-corrected chi connectivity index (χ4v) is 3.46. The van der Waals surface area contributed by atoms with Crippen LogP contribution in [0.3, 0.4) is 0 Å². The van der Waals surface area contributed by atoms with Crippen LogP contribution < -0.4 is 5.32 Å². The summed E-state index contributed by atoms with van der Waals surface area (Å²) in [5.41, 5.74) is 8.17. The van der Waals surface area contributed by atoms with Crippen LogP contribution in [-0.2, 0) is 0 Å².